The highest BCUT2D eigenvalue weighted by atomic mass is 19.1. The topological polar surface area (TPSA) is 114 Å². The molecule has 1 aliphatic rings. The zero-order valence-electron chi connectivity index (χ0n) is 21.5. The molecule has 0 atom stereocenters. The lowest BCUT2D eigenvalue weighted by Crippen LogP contribution is -2.45. The molecule has 1 fully saturated rings. The monoisotopic (exact) mass is 528 g/mol. The summed E-state index contributed by atoms with van der Waals surface area (Å²) < 4.78 is 25.8. The van der Waals surface area contributed by atoms with Gasteiger partial charge in [0.1, 0.15) is 5.82 Å². The number of rotatable bonds is 9. The lowest BCUT2D eigenvalue weighted by atomic mass is 9.92. The third kappa shape index (κ3) is 6.19. The molecule has 4 aromatic rings. The van der Waals surface area contributed by atoms with E-state index >= 15 is 0 Å². The van der Waals surface area contributed by atoms with Crippen LogP contribution in [-0.2, 0) is 9.47 Å². The van der Waals surface area contributed by atoms with Gasteiger partial charge in [-0.2, -0.15) is 0 Å². The number of aromatic nitrogens is 4. The van der Waals surface area contributed by atoms with Crippen LogP contribution in [0.15, 0.2) is 79.5 Å². The average Bonchev–Trinajstić information content (AvgIpc) is 3.42. The largest absolute Gasteiger partial charge is 0.351 e. The SMILES string of the molecule is C=CCNc1nccc(-c2[nH]c(C3OCC(C)(CNC(=O)c4ccccc4)CO3)nc2-c2ccc(F)cc2)n1. The number of nitrogens with one attached hydrogen (secondary N) is 3. The van der Waals surface area contributed by atoms with Gasteiger partial charge in [0.15, 0.2) is 5.82 Å². The van der Waals surface area contributed by atoms with E-state index < -0.39 is 11.7 Å². The number of hydrogen-bond acceptors (Lipinski definition) is 7. The molecule has 39 heavy (non-hydrogen) atoms. The van der Waals surface area contributed by atoms with Gasteiger partial charge in [-0.05, 0) is 42.5 Å². The van der Waals surface area contributed by atoms with Gasteiger partial charge in [0.25, 0.3) is 5.91 Å². The van der Waals surface area contributed by atoms with E-state index in [1.165, 1.54) is 12.1 Å². The van der Waals surface area contributed by atoms with Crippen molar-refractivity contribution in [2.45, 2.75) is 13.2 Å². The van der Waals surface area contributed by atoms with Crippen molar-refractivity contribution < 1.29 is 18.7 Å². The van der Waals surface area contributed by atoms with E-state index in [0.717, 1.165) is 0 Å². The minimum absolute atomic E-state index is 0.148. The first kappa shape index (κ1) is 26.2. The Morgan fingerprint density at radius 3 is 2.59 bits per heavy atom. The second-order valence-electron chi connectivity index (χ2n) is 9.60. The summed E-state index contributed by atoms with van der Waals surface area (Å²) in [5.41, 5.74) is 2.68. The van der Waals surface area contributed by atoms with Crippen molar-refractivity contribution in [3.8, 4) is 22.6 Å². The summed E-state index contributed by atoms with van der Waals surface area (Å²) in [5.74, 6) is 0.406. The van der Waals surface area contributed by atoms with E-state index in [-0.39, 0.29) is 11.7 Å². The van der Waals surface area contributed by atoms with Crippen molar-refractivity contribution in [2.24, 2.45) is 5.41 Å². The zero-order valence-corrected chi connectivity index (χ0v) is 21.5. The fraction of sp³-hybridized carbons (Fsp3) is 0.241. The van der Waals surface area contributed by atoms with Crippen LogP contribution < -0.4 is 10.6 Å². The Labute approximate surface area is 225 Å². The smallest absolute Gasteiger partial charge is 0.251 e. The molecule has 0 bridgehead atoms. The summed E-state index contributed by atoms with van der Waals surface area (Å²) in [6.45, 7) is 7.28. The van der Waals surface area contributed by atoms with Crippen LogP contribution in [0.25, 0.3) is 22.6 Å². The standard InChI is InChI=1S/C29H29FN6O3/c1-3-14-31-28-32-15-13-22(34-28)24-23(19-9-11-21(30)12-10-19)35-25(36-24)27-38-17-29(2,18-39-27)16-33-26(37)20-7-5-4-6-8-20/h3-13,15,27H,1,14,16-18H2,2H3,(H,33,37)(H,35,36)(H,31,32,34). The third-order valence-electron chi connectivity index (χ3n) is 6.26. The van der Waals surface area contributed by atoms with Gasteiger partial charge >= 0.3 is 0 Å². The number of halogens is 1. The van der Waals surface area contributed by atoms with Crippen LogP contribution in [0.5, 0.6) is 0 Å². The maximum absolute atomic E-state index is 13.6. The zero-order chi connectivity index (χ0) is 27.2. The Kier molecular flexibility index (Phi) is 7.76. The lowest BCUT2D eigenvalue weighted by molar-refractivity contribution is -0.231. The molecule has 2 aromatic carbocycles. The van der Waals surface area contributed by atoms with Crippen molar-refractivity contribution in [1.82, 2.24) is 25.3 Å². The van der Waals surface area contributed by atoms with Gasteiger partial charge in [0.2, 0.25) is 12.2 Å². The molecule has 0 radical (unpaired) electrons. The molecule has 2 aromatic heterocycles. The molecule has 1 amide bonds. The molecule has 1 aliphatic heterocycles. The molecule has 10 heteroatoms. The minimum atomic E-state index is -0.754. The van der Waals surface area contributed by atoms with E-state index in [1.807, 2.05) is 25.1 Å². The number of carbonyl (C=O) groups excluding carboxylic acids is 1. The molecule has 9 nitrogen and oxygen atoms in total. The van der Waals surface area contributed by atoms with Crippen LogP contribution in [0.4, 0.5) is 10.3 Å². The van der Waals surface area contributed by atoms with Gasteiger partial charge < -0.3 is 25.1 Å². The first-order chi connectivity index (χ1) is 18.9. The maximum atomic E-state index is 13.6. The molecular weight excluding hydrogens is 499 g/mol. The number of nitrogens with zero attached hydrogens (tertiary/aromatic N) is 3. The molecule has 3 N–H and O–H groups in total. The number of H-pyrrole nitrogens is 1. The molecule has 0 saturated carbocycles. The number of hydrogen-bond donors (Lipinski definition) is 3. The first-order valence-electron chi connectivity index (χ1n) is 12.5. The van der Waals surface area contributed by atoms with Gasteiger partial charge in [-0.15, -0.1) is 6.58 Å². The van der Waals surface area contributed by atoms with Gasteiger partial charge in [-0.1, -0.05) is 31.2 Å². The van der Waals surface area contributed by atoms with E-state index in [2.05, 4.69) is 32.2 Å². The number of aromatic amines is 1. The summed E-state index contributed by atoms with van der Waals surface area (Å²) in [4.78, 5) is 29.4. The molecule has 0 spiro atoms. The number of carbonyl (C=O) groups is 1. The molecule has 5 rings (SSSR count). The van der Waals surface area contributed by atoms with E-state index in [0.29, 0.717) is 66.3 Å². The summed E-state index contributed by atoms with van der Waals surface area (Å²) in [6, 6.07) is 16.9. The number of ether oxygens (including phenoxy) is 2. The van der Waals surface area contributed by atoms with E-state index in [9.17, 15) is 9.18 Å². The fourth-order valence-corrected chi connectivity index (χ4v) is 4.14. The Morgan fingerprint density at radius 1 is 1.13 bits per heavy atom. The molecule has 0 aliphatic carbocycles. The van der Waals surface area contributed by atoms with Crippen molar-refractivity contribution in [2.75, 3.05) is 31.6 Å². The van der Waals surface area contributed by atoms with E-state index in [4.69, 9.17) is 14.5 Å². The predicted molar refractivity (Wildman–Crippen MR) is 145 cm³/mol. The van der Waals surface area contributed by atoms with Crippen LogP contribution in [-0.4, -0.2) is 52.1 Å². The Morgan fingerprint density at radius 2 is 1.87 bits per heavy atom. The second kappa shape index (κ2) is 11.5. The van der Waals surface area contributed by atoms with Crippen molar-refractivity contribution in [3.63, 3.8) is 0 Å². The number of anilines is 1. The molecule has 1 saturated heterocycles. The highest BCUT2D eigenvalue weighted by molar-refractivity contribution is 5.94. The summed E-state index contributed by atoms with van der Waals surface area (Å²) in [5, 5.41) is 6.04. The van der Waals surface area contributed by atoms with Crippen LogP contribution in [0.3, 0.4) is 0 Å². The summed E-state index contributed by atoms with van der Waals surface area (Å²) in [6.07, 6.45) is 2.61. The van der Waals surface area contributed by atoms with Crippen LogP contribution in [0.2, 0.25) is 0 Å². The van der Waals surface area contributed by atoms with Gasteiger partial charge in [0, 0.05) is 35.8 Å². The normalized spacial score (nSPS) is 18.9. The minimum Gasteiger partial charge on any atom is -0.351 e. The highest BCUT2D eigenvalue weighted by Crippen LogP contribution is 2.35. The fourth-order valence-electron chi connectivity index (χ4n) is 4.14. The van der Waals surface area contributed by atoms with Crippen LogP contribution in [0, 0.1) is 11.2 Å². The van der Waals surface area contributed by atoms with Crippen LogP contribution >= 0.6 is 0 Å². The quantitative estimate of drug-likeness (QED) is 0.269. The summed E-state index contributed by atoms with van der Waals surface area (Å²) in [7, 11) is 0. The Bertz CT molecular complexity index is 1430. The molecular formula is C29H29FN6O3. The average molecular weight is 529 g/mol. The van der Waals surface area contributed by atoms with Crippen molar-refractivity contribution in [3.05, 3.63) is 96.7 Å². The molecule has 0 unspecified atom stereocenters. The molecule has 3 heterocycles. The third-order valence-corrected chi connectivity index (χ3v) is 6.26. The van der Waals surface area contributed by atoms with E-state index in [1.54, 1.807) is 42.6 Å². The van der Waals surface area contributed by atoms with Gasteiger partial charge in [-0.3, -0.25) is 4.79 Å². The first-order valence-corrected chi connectivity index (χ1v) is 12.5. The van der Waals surface area contributed by atoms with Crippen LogP contribution in [0.1, 0.15) is 29.4 Å². The Hall–Kier alpha value is -4.41. The predicted octanol–water partition coefficient (Wildman–Crippen LogP) is 4.75. The number of amides is 1. The number of benzene rings is 2. The van der Waals surface area contributed by atoms with Gasteiger partial charge in [-0.25, -0.2) is 19.3 Å². The molecule has 200 valence electrons. The van der Waals surface area contributed by atoms with Gasteiger partial charge in [0.05, 0.1) is 30.3 Å². The highest BCUT2D eigenvalue weighted by Gasteiger charge is 2.35. The number of imidazole rings is 1. The Balaban J connectivity index is 1.34. The van der Waals surface area contributed by atoms with Crippen molar-refractivity contribution in [1.29, 1.82) is 0 Å². The van der Waals surface area contributed by atoms with Crippen molar-refractivity contribution >= 4 is 11.9 Å². The maximum Gasteiger partial charge on any atom is 0.251 e. The second-order valence-corrected chi connectivity index (χ2v) is 9.60. The summed E-state index contributed by atoms with van der Waals surface area (Å²) >= 11 is 0. The lowest BCUT2D eigenvalue weighted by Gasteiger charge is -2.36.